The van der Waals surface area contributed by atoms with Gasteiger partial charge in [0, 0.05) is 29.6 Å². The summed E-state index contributed by atoms with van der Waals surface area (Å²) >= 11 is 6.04. The lowest BCUT2D eigenvalue weighted by molar-refractivity contribution is -0.138. The molecule has 0 saturated carbocycles. The summed E-state index contributed by atoms with van der Waals surface area (Å²) in [6.45, 7) is 6.48. The Morgan fingerprint density at radius 3 is 2.82 bits per heavy atom. The monoisotopic (exact) mass is 402 g/mol. The Labute approximate surface area is 170 Å². The van der Waals surface area contributed by atoms with Crippen LogP contribution in [-0.4, -0.2) is 52.0 Å². The maximum absolute atomic E-state index is 12.8. The zero-order valence-corrected chi connectivity index (χ0v) is 17.1. The first-order valence-electron chi connectivity index (χ1n) is 10.2. The van der Waals surface area contributed by atoms with E-state index >= 15 is 0 Å². The van der Waals surface area contributed by atoms with Gasteiger partial charge in [-0.3, -0.25) is 9.69 Å². The van der Waals surface area contributed by atoms with Crippen LogP contribution in [-0.2, 0) is 11.3 Å². The summed E-state index contributed by atoms with van der Waals surface area (Å²) in [7, 11) is 0. The Kier molecular flexibility index (Phi) is 5.97. The number of aromatic nitrogens is 2. The minimum absolute atomic E-state index is 0.159. The number of rotatable bonds is 4. The lowest BCUT2D eigenvalue weighted by Gasteiger charge is -2.36. The number of carbonyl (C=O) groups is 1. The number of amides is 1. The van der Waals surface area contributed by atoms with E-state index in [9.17, 15) is 4.79 Å². The van der Waals surface area contributed by atoms with Crippen LogP contribution < -0.4 is 0 Å². The Balaban J connectivity index is 1.29. The van der Waals surface area contributed by atoms with Crippen LogP contribution in [0.2, 0.25) is 5.02 Å². The smallest absolute Gasteiger partial charge is 0.241 e. The lowest BCUT2D eigenvalue weighted by atomic mass is 9.93. The molecule has 0 aliphatic carbocycles. The highest BCUT2D eigenvalue weighted by molar-refractivity contribution is 6.30. The molecule has 1 amide bonds. The van der Waals surface area contributed by atoms with E-state index in [1.807, 2.05) is 24.3 Å². The van der Waals surface area contributed by atoms with Crippen LogP contribution >= 0.6 is 11.6 Å². The normalized spacial score (nSPS) is 21.8. The van der Waals surface area contributed by atoms with Gasteiger partial charge in [0.05, 0.1) is 6.54 Å². The number of carbonyl (C=O) groups excluding carboxylic acids is 1. The predicted octanol–water partition coefficient (Wildman–Crippen LogP) is 3.86. The zero-order valence-electron chi connectivity index (χ0n) is 16.3. The quantitative estimate of drug-likeness (QED) is 0.777. The summed E-state index contributed by atoms with van der Waals surface area (Å²) in [6.07, 6.45) is 4.18. The summed E-state index contributed by atoms with van der Waals surface area (Å²) in [6, 6.07) is 7.44. The van der Waals surface area contributed by atoms with Gasteiger partial charge in [-0.05, 0) is 56.8 Å². The SMILES string of the molecule is CC1CCCN(C(=O)C2CCN(Cc3nc(-c4cccc(Cl)c4)no3)CC2)C1. The van der Waals surface area contributed by atoms with E-state index in [1.165, 1.54) is 6.42 Å². The van der Waals surface area contributed by atoms with Crippen molar-refractivity contribution in [3.8, 4) is 11.4 Å². The van der Waals surface area contributed by atoms with Gasteiger partial charge in [0.1, 0.15) is 0 Å². The van der Waals surface area contributed by atoms with Gasteiger partial charge in [0.25, 0.3) is 0 Å². The van der Waals surface area contributed by atoms with E-state index in [-0.39, 0.29) is 5.92 Å². The van der Waals surface area contributed by atoms with Gasteiger partial charge < -0.3 is 9.42 Å². The van der Waals surface area contributed by atoms with Crippen molar-refractivity contribution in [2.75, 3.05) is 26.2 Å². The standard InChI is InChI=1S/C21H27ClN4O2/c1-15-4-3-9-26(13-15)21(27)16-7-10-25(11-8-16)14-19-23-20(24-28-19)17-5-2-6-18(22)12-17/h2,5-6,12,15-16H,3-4,7-11,13-14H2,1H3. The maximum Gasteiger partial charge on any atom is 0.241 e. The minimum Gasteiger partial charge on any atom is -0.342 e. The molecule has 7 heteroatoms. The molecular weight excluding hydrogens is 376 g/mol. The van der Waals surface area contributed by atoms with Crippen LogP contribution in [0.15, 0.2) is 28.8 Å². The van der Waals surface area contributed by atoms with Crippen molar-refractivity contribution in [2.45, 2.75) is 39.2 Å². The number of halogens is 1. The highest BCUT2D eigenvalue weighted by atomic mass is 35.5. The van der Waals surface area contributed by atoms with Gasteiger partial charge in [0.15, 0.2) is 0 Å². The molecule has 0 spiro atoms. The molecule has 2 fully saturated rings. The van der Waals surface area contributed by atoms with E-state index in [0.717, 1.165) is 51.0 Å². The zero-order chi connectivity index (χ0) is 19.5. The molecule has 2 aromatic rings. The van der Waals surface area contributed by atoms with Crippen molar-refractivity contribution >= 4 is 17.5 Å². The van der Waals surface area contributed by atoms with E-state index in [4.69, 9.17) is 16.1 Å². The first-order valence-corrected chi connectivity index (χ1v) is 10.6. The van der Waals surface area contributed by atoms with Crippen molar-refractivity contribution in [2.24, 2.45) is 11.8 Å². The number of nitrogens with zero attached hydrogens (tertiary/aromatic N) is 4. The second-order valence-electron chi connectivity index (χ2n) is 8.10. The molecule has 1 aromatic carbocycles. The molecule has 1 atom stereocenters. The van der Waals surface area contributed by atoms with Crippen molar-refractivity contribution in [3.05, 3.63) is 35.2 Å². The topological polar surface area (TPSA) is 62.5 Å². The molecule has 1 unspecified atom stereocenters. The lowest BCUT2D eigenvalue weighted by Crippen LogP contribution is -2.45. The number of hydrogen-bond donors (Lipinski definition) is 0. The summed E-state index contributed by atoms with van der Waals surface area (Å²) in [5.74, 6) is 2.30. The molecule has 3 heterocycles. The Morgan fingerprint density at radius 1 is 1.25 bits per heavy atom. The molecule has 0 radical (unpaired) electrons. The molecule has 6 nitrogen and oxygen atoms in total. The fourth-order valence-electron chi connectivity index (χ4n) is 4.24. The Hall–Kier alpha value is -1.92. The van der Waals surface area contributed by atoms with Crippen LogP contribution in [0.25, 0.3) is 11.4 Å². The molecule has 2 aliphatic rings. The Bertz CT molecular complexity index is 816. The third kappa shape index (κ3) is 4.55. The van der Waals surface area contributed by atoms with Crippen molar-refractivity contribution in [1.82, 2.24) is 19.9 Å². The fourth-order valence-corrected chi connectivity index (χ4v) is 4.43. The highest BCUT2D eigenvalue weighted by Crippen LogP contribution is 2.25. The molecule has 28 heavy (non-hydrogen) atoms. The van der Waals surface area contributed by atoms with Gasteiger partial charge in [-0.15, -0.1) is 0 Å². The third-order valence-corrected chi connectivity index (χ3v) is 6.05. The summed E-state index contributed by atoms with van der Waals surface area (Å²) < 4.78 is 5.42. The Morgan fingerprint density at radius 2 is 2.07 bits per heavy atom. The molecule has 2 saturated heterocycles. The van der Waals surface area contributed by atoms with Gasteiger partial charge in [-0.25, -0.2) is 0 Å². The van der Waals surface area contributed by atoms with Crippen LogP contribution in [0, 0.1) is 11.8 Å². The summed E-state index contributed by atoms with van der Waals surface area (Å²) in [5, 5.41) is 4.72. The van der Waals surface area contributed by atoms with E-state index in [2.05, 4.69) is 26.9 Å². The average molecular weight is 403 g/mol. The molecule has 150 valence electrons. The maximum atomic E-state index is 12.8. The van der Waals surface area contributed by atoms with Crippen molar-refractivity contribution in [1.29, 1.82) is 0 Å². The largest absolute Gasteiger partial charge is 0.342 e. The number of piperidine rings is 2. The molecule has 0 bridgehead atoms. The number of likely N-dealkylation sites (tertiary alicyclic amines) is 2. The van der Waals surface area contributed by atoms with Crippen LogP contribution in [0.4, 0.5) is 0 Å². The predicted molar refractivity (Wildman–Crippen MR) is 108 cm³/mol. The highest BCUT2D eigenvalue weighted by Gasteiger charge is 2.30. The first-order chi connectivity index (χ1) is 13.6. The van der Waals surface area contributed by atoms with Gasteiger partial charge in [-0.1, -0.05) is 35.8 Å². The minimum atomic E-state index is 0.159. The summed E-state index contributed by atoms with van der Waals surface area (Å²) in [5.41, 5.74) is 0.850. The van der Waals surface area contributed by atoms with Gasteiger partial charge in [0.2, 0.25) is 17.6 Å². The fraction of sp³-hybridized carbons (Fsp3) is 0.571. The van der Waals surface area contributed by atoms with E-state index in [0.29, 0.717) is 35.1 Å². The second kappa shape index (κ2) is 8.62. The number of benzene rings is 1. The molecule has 1 aromatic heterocycles. The van der Waals surface area contributed by atoms with Crippen LogP contribution in [0.3, 0.4) is 0 Å². The van der Waals surface area contributed by atoms with E-state index in [1.54, 1.807) is 0 Å². The third-order valence-electron chi connectivity index (χ3n) is 5.82. The van der Waals surface area contributed by atoms with Gasteiger partial charge in [-0.2, -0.15) is 4.98 Å². The number of hydrogen-bond acceptors (Lipinski definition) is 5. The van der Waals surface area contributed by atoms with Crippen molar-refractivity contribution < 1.29 is 9.32 Å². The molecule has 4 rings (SSSR count). The summed E-state index contributed by atoms with van der Waals surface area (Å²) in [4.78, 5) is 21.7. The second-order valence-corrected chi connectivity index (χ2v) is 8.54. The molecule has 2 aliphatic heterocycles. The molecular formula is C21H27ClN4O2. The average Bonchev–Trinajstić information content (AvgIpc) is 3.17. The van der Waals surface area contributed by atoms with Crippen LogP contribution in [0.1, 0.15) is 38.5 Å². The van der Waals surface area contributed by atoms with Crippen molar-refractivity contribution in [3.63, 3.8) is 0 Å². The van der Waals surface area contributed by atoms with Gasteiger partial charge >= 0.3 is 0 Å². The first kappa shape index (κ1) is 19.4. The van der Waals surface area contributed by atoms with Crippen LogP contribution in [0.5, 0.6) is 0 Å². The van der Waals surface area contributed by atoms with E-state index < -0.39 is 0 Å². The molecule has 0 N–H and O–H groups in total.